The molecule has 0 fully saturated rings. The summed E-state index contributed by atoms with van der Waals surface area (Å²) in [6.07, 6.45) is 1.68. The number of carbonyl (C=O) groups is 1. The first-order chi connectivity index (χ1) is 11.0. The number of amides is 1. The number of aromatic nitrogens is 2. The predicted molar refractivity (Wildman–Crippen MR) is 92.2 cm³/mol. The van der Waals surface area contributed by atoms with E-state index in [0.717, 1.165) is 23.5 Å². The Morgan fingerprint density at radius 3 is 2.48 bits per heavy atom. The van der Waals surface area contributed by atoms with Crippen molar-refractivity contribution in [3.63, 3.8) is 0 Å². The van der Waals surface area contributed by atoms with Crippen LogP contribution in [0.2, 0.25) is 0 Å². The molecule has 0 radical (unpaired) electrons. The minimum Gasteiger partial charge on any atom is -0.348 e. The number of aromatic amines is 1. The summed E-state index contributed by atoms with van der Waals surface area (Å²) >= 11 is 0. The van der Waals surface area contributed by atoms with Gasteiger partial charge in [0, 0.05) is 18.8 Å². The van der Waals surface area contributed by atoms with Gasteiger partial charge in [0.05, 0.1) is 24.5 Å². The lowest BCUT2D eigenvalue weighted by molar-refractivity contribution is -0.133. The van der Waals surface area contributed by atoms with Gasteiger partial charge in [0.2, 0.25) is 5.91 Å². The first-order valence-electron chi connectivity index (χ1n) is 7.96. The number of carbonyl (C=O) groups excluding carboxylic acids is 1. The molecule has 124 valence electrons. The number of nitrogens with one attached hydrogen (secondary N) is 1. The lowest BCUT2D eigenvalue weighted by atomic mass is 9.99. The van der Waals surface area contributed by atoms with Crippen LogP contribution >= 0.6 is 0 Å². The SMILES string of the molecule is Cc1[nH]cnc1CN(CCN(C)C)C(=O)C(C)c1ccccc1. The van der Waals surface area contributed by atoms with E-state index in [1.165, 1.54) is 0 Å². The van der Waals surface area contributed by atoms with Crippen molar-refractivity contribution in [2.75, 3.05) is 27.2 Å². The van der Waals surface area contributed by atoms with Crippen LogP contribution in [0.25, 0.3) is 0 Å². The molecule has 5 heteroatoms. The second-order valence-electron chi connectivity index (χ2n) is 6.17. The molecule has 0 aliphatic heterocycles. The van der Waals surface area contributed by atoms with E-state index in [9.17, 15) is 4.79 Å². The highest BCUT2D eigenvalue weighted by Gasteiger charge is 2.23. The molecule has 23 heavy (non-hydrogen) atoms. The van der Waals surface area contributed by atoms with Crippen molar-refractivity contribution >= 4 is 5.91 Å². The molecule has 1 atom stereocenters. The topological polar surface area (TPSA) is 52.2 Å². The Labute approximate surface area is 138 Å². The Balaban J connectivity index is 2.15. The van der Waals surface area contributed by atoms with E-state index in [-0.39, 0.29) is 11.8 Å². The van der Waals surface area contributed by atoms with Crippen molar-refractivity contribution in [1.29, 1.82) is 0 Å². The quantitative estimate of drug-likeness (QED) is 0.854. The fourth-order valence-corrected chi connectivity index (χ4v) is 2.47. The van der Waals surface area contributed by atoms with Gasteiger partial charge in [0.1, 0.15) is 0 Å². The van der Waals surface area contributed by atoms with Gasteiger partial charge < -0.3 is 14.8 Å². The van der Waals surface area contributed by atoms with Crippen LogP contribution in [0, 0.1) is 6.92 Å². The van der Waals surface area contributed by atoms with Gasteiger partial charge in [-0.25, -0.2) is 4.98 Å². The van der Waals surface area contributed by atoms with Gasteiger partial charge in [-0.05, 0) is 33.5 Å². The second kappa shape index (κ2) is 7.92. The van der Waals surface area contributed by atoms with E-state index >= 15 is 0 Å². The summed E-state index contributed by atoms with van der Waals surface area (Å²) in [7, 11) is 4.03. The van der Waals surface area contributed by atoms with Crippen LogP contribution in [0.5, 0.6) is 0 Å². The number of hydrogen-bond donors (Lipinski definition) is 1. The summed E-state index contributed by atoms with van der Waals surface area (Å²) in [4.78, 5) is 24.4. The molecule has 0 saturated heterocycles. The number of H-pyrrole nitrogens is 1. The Morgan fingerprint density at radius 2 is 1.91 bits per heavy atom. The monoisotopic (exact) mass is 314 g/mol. The van der Waals surface area contributed by atoms with Crippen LogP contribution in [-0.2, 0) is 11.3 Å². The highest BCUT2D eigenvalue weighted by atomic mass is 16.2. The van der Waals surface area contributed by atoms with Gasteiger partial charge in [-0.2, -0.15) is 0 Å². The van der Waals surface area contributed by atoms with Gasteiger partial charge >= 0.3 is 0 Å². The first kappa shape index (κ1) is 17.2. The predicted octanol–water partition coefficient (Wildman–Crippen LogP) is 2.41. The number of rotatable bonds is 7. The number of benzene rings is 1. The molecule has 0 aliphatic carbocycles. The minimum absolute atomic E-state index is 0.139. The molecule has 1 amide bonds. The van der Waals surface area contributed by atoms with Crippen molar-refractivity contribution in [2.24, 2.45) is 0 Å². The van der Waals surface area contributed by atoms with Gasteiger partial charge in [-0.3, -0.25) is 4.79 Å². The van der Waals surface area contributed by atoms with Crippen molar-refractivity contribution in [2.45, 2.75) is 26.3 Å². The zero-order valence-corrected chi connectivity index (χ0v) is 14.4. The van der Waals surface area contributed by atoms with E-state index in [2.05, 4.69) is 14.9 Å². The molecule has 1 heterocycles. The average Bonchev–Trinajstić information content (AvgIpc) is 2.95. The van der Waals surface area contributed by atoms with Crippen molar-refractivity contribution in [3.05, 3.63) is 53.6 Å². The maximum atomic E-state index is 13.0. The Kier molecular flexibility index (Phi) is 5.93. The van der Waals surface area contributed by atoms with Gasteiger partial charge in [0.15, 0.2) is 0 Å². The van der Waals surface area contributed by atoms with Crippen LogP contribution in [0.3, 0.4) is 0 Å². The summed E-state index contributed by atoms with van der Waals surface area (Å²) in [5, 5.41) is 0. The zero-order chi connectivity index (χ0) is 16.8. The van der Waals surface area contributed by atoms with Crippen LogP contribution in [-0.4, -0.2) is 52.9 Å². The molecule has 0 saturated carbocycles. The molecule has 1 aromatic carbocycles. The molecule has 1 unspecified atom stereocenters. The van der Waals surface area contributed by atoms with Crippen LogP contribution in [0.4, 0.5) is 0 Å². The Morgan fingerprint density at radius 1 is 1.22 bits per heavy atom. The summed E-state index contributed by atoms with van der Waals surface area (Å²) in [5.41, 5.74) is 2.99. The zero-order valence-electron chi connectivity index (χ0n) is 14.4. The fourth-order valence-electron chi connectivity index (χ4n) is 2.47. The Hall–Kier alpha value is -2.14. The molecule has 0 spiro atoms. The van der Waals surface area contributed by atoms with E-state index in [1.54, 1.807) is 6.33 Å². The first-order valence-corrected chi connectivity index (χ1v) is 7.96. The average molecular weight is 314 g/mol. The normalized spacial score (nSPS) is 12.4. The van der Waals surface area contributed by atoms with E-state index in [1.807, 2.05) is 63.2 Å². The molecule has 1 aromatic heterocycles. The molecular formula is C18H26N4O. The van der Waals surface area contributed by atoms with E-state index in [0.29, 0.717) is 13.1 Å². The number of likely N-dealkylation sites (N-methyl/N-ethyl adjacent to an activating group) is 1. The molecule has 0 bridgehead atoms. The highest BCUT2D eigenvalue weighted by Crippen LogP contribution is 2.19. The fraction of sp³-hybridized carbons (Fsp3) is 0.444. The molecule has 1 N–H and O–H groups in total. The second-order valence-corrected chi connectivity index (χ2v) is 6.17. The molecule has 5 nitrogen and oxygen atoms in total. The van der Waals surface area contributed by atoms with E-state index in [4.69, 9.17) is 0 Å². The maximum Gasteiger partial charge on any atom is 0.230 e. The standard InChI is InChI=1S/C18H26N4O/c1-14(16-8-6-5-7-9-16)18(23)22(11-10-21(3)4)12-17-15(2)19-13-20-17/h5-9,13-14H,10-12H2,1-4H3,(H,19,20). The van der Waals surface area contributed by atoms with Crippen LogP contribution < -0.4 is 0 Å². The van der Waals surface area contributed by atoms with Crippen molar-refractivity contribution < 1.29 is 4.79 Å². The lowest BCUT2D eigenvalue weighted by Crippen LogP contribution is -2.38. The highest BCUT2D eigenvalue weighted by molar-refractivity contribution is 5.83. The maximum absolute atomic E-state index is 13.0. The van der Waals surface area contributed by atoms with Crippen LogP contribution in [0.1, 0.15) is 29.8 Å². The van der Waals surface area contributed by atoms with Crippen molar-refractivity contribution in [3.8, 4) is 0 Å². The molecule has 2 aromatic rings. The van der Waals surface area contributed by atoms with Gasteiger partial charge in [0.25, 0.3) is 0 Å². The van der Waals surface area contributed by atoms with Crippen molar-refractivity contribution in [1.82, 2.24) is 19.8 Å². The molecule has 0 aliphatic rings. The largest absolute Gasteiger partial charge is 0.348 e. The third kappa shape index (κ3) is 4.66. The van der Waals surface area contributed by atoms with E-state index < -0.39 is 0 Å². The Bertz CT molecular complexity index is 621. The summed E-state index contributed by atoms with van der Waals surface area (Å²) in [5.74, 6) is -0.0157. The van der Waals surface area contributed by atoms with Gasteiger partial charge in [-0.15, -0.1) is 0 Å². The minimum atomic E-state index is -0.155. The summed E-state index contributed by atoms with van der Waals surface area (Å²) < 4.78 is 0. The molecule has 2 rings (SSSR count). The lowest BCUT2D eigenvalue weighted by Gasteiger charge is -2.27. The number of aryl methyl sites for hydroxylation is 1. The van der Waals surface area contributed by atoms with Gasteiger partial charge in [-0.1, -0.05) is 30.3 Å². The summed E-state index contributed by atoms with van der Waals surface area (Å²) in [6.45, 7) is 6.01. The number of hydrogen-bond acceptors (Lipinski definition) is 3. The summed E-state index contributed by atoms with van der Waals surface area (Å²) in [6, 6.07) is 9.93. The third-order valence-electron chi connectivity index (χ3n) is 4.07. The smallest absolute Gasteiger partial charge is 0.230 e. The number of nitrogens with zero attached hydrogens (tertiary/aromatic N) is 3. The third-order valence-corrected chi connectivity index (χ3v) is 4.07. The van der Waals surface area contributed by atoms with Crippen LogP contribution in [0.15, 0.2) is 36.7 Å². The molecular weight excluding hydrogens is 288 g/mol. The number of imidazole rings is 1.